The molecule has 98 valence electrons. The van der Waals surface area contributed by atoms with Gasteiger partial charge in [-0.1, -0.05) is 6.07 Å². The van der Waals surface area contributed by atoms with Crippen LogP contribution >= 0.6 is 11.8 Å². The van der Waals surface area contributed by atoms with Crippen molar-refractivity contribution in [2.45, 2.75) is 36.1 Å². The van der Waals surface area contributed by atoms with Crippen LogP contribution in [0.1, 0.15) is 25.5 Å². The highest BCUT2D eigenvalue weighted by Gasteiger charge is 2.24. The van der Waals surface area contributed by atoms with Crippen molar-refractivity contribution >= 4 is 23.4 Å². The van der Waals surface area contributed by atoms with E-state index in [-0.39, 0.29) is 23.2 Å². The van der Waals surface area contributed by atoms with E-state index in [0.717, 1.165) is 16.1 Å². The second kappa shape index (κ2) is 5.30. The Morgan fingerprint density at radius 3 is 2.83 bits per heavy atom. The van der Waals surface area contributed by atoms with E-state index < -0.39 is 0 Å². The van der Waals surface area contributed by atoms with Crippen LogP contribution in [0.15, 0.2) is 23.1 Å². The molecule has 1 aliphatic rings. The van der Waals surface area contributed by atoms with Gasteiger partial charge in [-0.15, -0.1) is 11.8 Å². The molecule has 1 aromatic carbocycles. The number of likely N-dealkylation sites (N-methyl/N-ethyl adjacent to an activating group) is 1. The number of nitrogens with two attached hydrogens (primary N) is 1. The molecule has 0 saturated heterocycles. The summed E-state index contributed by atoms with van der Waals surface area (Å²) in [4.78, 5) is 12.8. The maximum atomic E-state index is 11.7. The minimum absolute atomic E-state index is 0.0129. The van der Waals surface area contributed by atoms with E-state index in [4.69, 9.17) is 5.73 Å². The minimum Gasteiger partial charge on any atom is -0.326 e. The van der Waals surface area contributed by atoms with E-state index >= 15 is 0 Å². The van der Waals surface area contributed by atoms with Crippen LogP contribution in [-0.4, -0.2) is 24.2 Å². The molecule has 4 nitrogen and oxygen atoms in total. The van der Waals surface area contributed by atoms with Gasteiger partial charge in [0.2, 0.25) is 5.91 Å². The fourth-order valence-electron chi connectivity index (χ4n) is 2.15. The molecule has 3 atom stereocenters. The Morgan fingerprint density at radius 2 is 2.22 bits per heavy atom. The fourth-order valence-corrected chi connectivity index (χ4v) is 3.08. The van der Waals surface area contributed by atoms with Crippen molar-refractivity contribution in [2.24, 2.45) is 5.73 Å². The molecule has 3 unspecified atom stereocenters. The van der Waals surface area contributed by atoms with Crippen molar-refractivity contribution in [3.8, 4) is 0 Å². The van der Waals surface area contributed by atoms with Crippen LogP contribution < -0.4 is 16.4 Å². The lowest BCUT2D eigenvalue weighted by Gasteiger charge is -2.25. The Hall–Kier alpha value is -1.04. The van der Waals surface area contributed by atoms with Gasteiger partial charge in [-0.2, -0.15) is 0 Å². The number of nitrogens with one attached hydrogen (secondary N) is 2. The summed E-state index contributed by atoms with van der Waals surface area (Å²) in [6.45, 7) is 3.88. The number of benzene rings is 1. The summed E-state index contributed by atoms with van der Waals surface area (Å²) in [6, 6.07) is 6.24. The van der Waals surface area contributed by atoms with Crippen molar-refractivity contribution < 1.29 is 4.79 Å². The van der Waals surface area contributed by atoms with E-state index in [1.54, 1.807) is 11.8 Å². The van der Waals surface area contributed by atoms with Crippen LogP contribution in [0.3, 0.4) is 0 Å². The Labute approximate surface area is 112 Å². The number of fused-ring (bicyclic) bond motifs is 1. The first-order valence-electron chi connectivity index (χ1n) is 6.07. The molecule has 5 heteroatoms. The molecule has 0 fully saturated rings. The molecule has 0 aliphatic carbocycles. The zero-order valence-electron chi connectivity index (χ0n) is 10.9. The molecule has 0 saturated carbocycles. The highest BCUT2D eigenvalue weighted by molar-refractivity contribution is 8.00. The first-order valence-corrected chi connectivity index (χ1v) is 6.95. The lowest BCUT2D eigenvalue weighted by Crippen LogP contribution is -2.34. The average molecular weight is 265 g/mol. The van der Waals surface area contributed by atoms with Crippen LogP contribution in [0.2, 0.25) is 0 Å². The van der Waals surface area contributed by atoms with E-state index in [1.807, 2.05) is 27.0 Å². The first-order chi connectivity index (χ1) is 8.52. The quantitative estimate of drug-likeness (QED) is 0.778. The number of hydrogen-bond acceptors (Lipinski definition) is 4. The highest BCUT2D eigenvalue weighted by atomic mass is 32.2. The summed E-state index contributed by atoms with van der Waals surface area (Å²) in [5.74, 6) is 0.0615. The smallest absolute Gasteiger partial charge is 0.237 e. The number of carbonyl (C=O) groups is 1. The topological polar surface area (TPSA) is 67.1 Å². The van der Waals surface area contributed by atoms with Gasteiger partial charge in [0.25, 0.3) is 0 Å². The molecule has 4 N–H and O–H groups in total. The monoisotopic (exact) mass is 265 g/mol. The molecule has 2 rings (SSSR count). The van der Waals surface area contributed by atoms with Gasteiger partial charge in [-0.3, -0.25) is 4.79 Å². The predicted molar refractivity (Wildman–Crippen MR) is 75.8 cm³/mol. The number of carbonyl (C=O) groups excluding carboxylic acids is 1. The van der Waals surface area contributed by atoms with Crippen LogP contribution in [0.5, 0.6) is 0 Å². The Kier molecular flexibility index (Phi) is 3.94. The summed E-state index contributed by atoms with van der Waals surface area (Å²) >= 11 is 1.59. The van der Waals surface area contributed by atoms with Gasteiger partial charge in [0.05, 0.1) is 10.9 Å². The van der Waals surface area contributed by atoms with E-state index in [2.05, 4.69) is 22.8 Å². The van der Waals surface area contributed by atoms with Gasteiger partial charge in [0.15, 0.2) is 0 Å². The number of thioether (sulfide) groups is 1. The van der Waals surface area contributed by atoms with Gasteiger partial charge < -0.3 is 16.4 Å². The predicted octanol–water partition coefficient (Wildman–Crippen LogP) is 1.73. The molecule has 1 heterocycles. The molecule has 18 heavy (non-hydrogen) atoms. The van der Waals surface area contributed by atoms with Crippen molar-refractivity contribution in [2.75, 3.05) is 12.4 Å². The minimum atomic E-state index is -0.0307. The summed E-state index contributed by atoms with van der Waals surface area (Å²) in [5.41, 5.74) is 7.94. The van der Waals surface area contributed by atoms with Crippen LogP contribution in [0.25, 0.3) is 0 Å². The second-order valence-electron chi connectivity index (χ2n) is 4.63. The highest BCUT2D eigenvalue weighted by Crippen LogP contribution is 2.37. The molecular weight excluding hydrogens is 246 g/mol. The lowest BCUT2D eigenvalue weighted by molar-refractivity contribution is -0.115. The van der Waals surface area contributed by atoms with Crippen LogP contribution in [0, 0.1) is 0 Å². The molecule has 0 aromatic heterocycles. The molecule has 0 bridgehead atoms. The van der Waals surface area contributed by atoms with Crippen molar-refractivity contribution in [3.05, 3.63) is 23.8 Å². The normalized spacial score (nSPS) is 22.0. The van der Waals surface area contributed by atoms with E-state index in [9.17, 15) is 4.79 Å². The Balaban J connectivity index is 2.32. The number of rotatable bonds is 3. The van der Waals surface area contributed by atoms with Gasteiger partial charge in [-0.25, -0.2) is 0 Å². The SMILES string of the molecule is CNC(c1ccc2c(c1)NC(=O)C(C)S2)C(C)N. The second-order valence-corrected chi connectivity index (χ2v) is 6.01. The number of amides is 1. The average Bonchev–Trinajstić information content (AvgIpc) is 2.31. The summed E-state index contributed by atoms with van der Waals surface area (Å²) < 4.78 is 0. The van der Waals surface area contributed by atoms with E-state index in [1.165, 1.54) is 0 Å². The molecule has 1 amide bonds. The van der Waals surface area contributed by atoms with Gasteiger partial charge >= 0.3 is 0 Å². The molecular formula is C13H19N3OS. The zero-order chi connectivity index (χ0) is 13.3. The van der Waals surface area contributed by atoms with Crippen molar-refractivity contribution in [3.63, 3.8) is 0 Å². The third-order valence-corrected chi connectivity index (χ3v) is 4.31. The maximum Gasteiger partial charge on any atom is 0.237 e. The Bertz CT molecular complexity index is 462. The van der Waals surface area contributed by atoms with Gasteiger partial charge in [0, 0.05) is 17.0 Å². The third kappa shape index (κ3) is 2.53. The van der Waals surface area contributed by atoms with Crippen molar-refractivity contribution in [1.82, 2.24) is 5.32 Å². The largest absolute Gasteiger partial charge is 0.326 e. The fraction of sp³-hybridized carbons (Fsp3) is 0.462. The maximum absolute atomic E-state index is 11.7. The zero-order valence-corrected chi connectivity index (χ0v) is 11.7. The van der Waals surface area contributed by atoms with Gasteiger partial charge in [0.1, 0.15) is 0 Å². The standard InChI is InChI=1S/C13H19N3OS/c1-7(14)12(15-3)9-4-5-11-10(6-9)16-13(17)8(2)18-11/h4-8,12,15H,14H2,1-3H3,(H,16,17). The number of hydrogen-bond donors (Lipinski definition) is 3. The molecule has 1 aromatic rings. The van der Waals surface area contributed by atoms with Crippen LogP contribution in [-0.2, 0) is 4.79 Å². The lowest BCUT2D eigenvalue weighted by atomic mass is 10.0. The molecule has 0 radical (unpaired) electrons. The summed E-state index contributed by atoms with van der Waals surface area (Å²) in [7, 11) is 1.89. The molecule has 0 spiro atoms. The number of anilines is 1. The van der Waals surface area contributed by atoms with Gasteiger partial charge in [-0.05, 0) is 38.6 Å². The van der Waals surface area contributed by atoms with E-state index in [0.29, 0.717) is 0 Å². The van der Waals surface area contributed by atoms with Crippen LogP contribution in [0.4, 0.5) is 5.69 Å². The summed E-state index contributed by atoms with van der Waals surface area (Å²) in [6.07, 6.45) is 0. The molecule has 1 aliphatic heterocycles. The third-order valence-electron chi connectivity index (χ3n) is 3.13. The first kappa shape index (κ1) is 13.4. The summed E-state index contributed by atoms with van der Waals surface area (Å²) in [5, 5.41) is 6.11. The Morgan fingerprint density at radius 1 is 1.50 bits per heavy atom. The van der Waals surface area contributed by atoms with Crippen molar-refractivity contribution in [1.29, 1.82) is 0 Å².